The number of carbonyl (C=O) groups excluding carboxylic acids is 2. The smallest absolute Gasteiger partial charge is 0.136 e. The van der Waals surface area contributed by atoms with Gasteiger partial charge in [0.05, 0.1) is 0 Å². The van der Waals surface area contributed by atoms with Crippen molar-refractivity contribution in [1.29, 1.82) is 0 Å². The van der Waals surface area contributed by atoms with Crippen molar-refractivity contribution in [3.8, 4) is 0 Å². The molecule has 0 aliphatic heterocycles. The lowest BCUT2D eigenvalue weighted by molar-refractivity contribution is -0.131. The summed E-state index contributed by atoms with van der Waals surface area (Å²) in [6.45, 7) is 4.23. The van der Waals surface area contributed by atoms with Crippen LogP contribution in [0.5, 0.6) is 0 Å². The van der Waals surface area contributed by atoms with Crippen LogP contribution < -0.4 is 0 Å². The second kappa shape index (κ2) is 3.73. The number of rotatable bonds is 2. The molecule has 0 amide bonds. The predicted octanol–water partition coefficient (Wildman–Crippen LogP) is 2.61. The molecular formula is C13H20O2. The molecule has 1 unspecified atom stereocenters. The highest BCUT2D eigenvalue weighted by Gasteiger charge is 2.52. The highest BCUT2D eigenvalue weighted by Crippen LogP contribution is 2.56. The first kappa shape index (κ1) is 10.8. The van der Waals surface area contributed by atoms with Gasteiger partial charge in [-0.05, 0) is 37.0 Å². The number of ketones is 1. The molecule has 0 aromatic heterocycles. The molecule has 2 aliphatic rings. The number of fused-ring (bicyclic) bond motifs is 1. The number of carbonyl (C=O) groups is 2. The summed E-state index contributed by atoms with van der Waals surface area (Å²) in [7, 11) is 0. The van der Waals surface area contributed by atoms with E-state index in [-0.39, 0.29) is 17.3 Å². The van der Waals surface area contributed by atoms with E-state index in [1.54, 1.807) is 0 Å². The van der Waals surface area contributed by atoms with Gasteiger partial charge in [-0.3, -0.25) is 4.79 Å². The van der Waals surface area contributed by atoms with Crippen LogP contribution in [-0.4, -0.2) is 12.1 Å². The number of Topliss-reactive ketones (excluding diaryl/α,β-unsaturated/α-hetero) is 1. The zero-order valence-electron chi connectivity index (χ0n) is 9.66. The van der Waals surface area contributed by atoms with Crippen molar-refractivity contribution in [3.05, 3.63) is 0 Å². The minimum absolute atomic E-state index is 0.117. The lowest BCUT2D eigenvalue weighted by Crippen LogP contribution is -2.39. The van der Waals surface area contributed by atoms with Crippen molar-refractivity contribution >= 4 is 12.1 Å². The lowest BCUT2D eigenvalue weighted by atomic mass is 9.62. The standard InChI is InChI=1S/C13H20O2/c1-9(8-14)10-5-6-11-12(15)4-3-7-13(10,11)2/h8-11H,3-7H2,1-2H3/t9-,10?,11+,13-/m1/s1. The van der Waals surface area contributed by atoms with Gasteiger partial charge in [0.15, 0.2) is 0 Å². The van der Waals surface area contributed by atoms with Crippen LogP contribution >= 0.6 is 0 Å². The van der Waals surface area contributed by atoms with Crippen LogP contribution in [0.3, 0.4) is 0 Å². The van der Waals surface area contributed by atoms with Gasteiger partial charge in [0, 0.05) is 18.3 Å². The van der Waals surface area contributed by atoms with Gasteiger partial charge in [0.1, 0.15) is 12.1 Å². The third kappa shape index (κ3) is 1.54. The van der Waals surface area contributed by atoms with E-state index in [2.05, 4.69) is 6.92 Å². The van der Waals surface area contributed by atoms with E-state index in [0.717, 1.165) is 38.4 Å². The van der Waals surface area contributed by atoms with Crippen LogP contribution in [0.25, 0.3) is 0 Å². The number of hydrogen-bond acceptors (Lipinski definition) is 2. The Labute approximate surface area is 91.4 Å². The molecule has 0 saturated heterocycles. The molecule has 0 aromatic rings. The van der Waals surface area contributed by atoms with Gasteiger partial charge in [0.2, 0.25) is 0 Å². The van der Waals surface area contributed by atoms with Crippen molar-refractivity contribution in [2.24, 2.45) is 23.2 Å². The summed E-state index contributed by atoms with van der Waals surface area (Å²) in [4.78, 5) is 22.8. The molecule has 2 aliphatic carbocycles. The SMILES string of the molecule is C[C@H](C=O)C1CC[C@H]2C(=O)CCC[C@]12C. The molecular weight excluding hydrogens is 188 g/mol. The minimum atomic E-state index is 0.117. The summed E-state index contributed by atoms with van der Waals surface area (Å²) >= 11 is 0. The highest BCUT2D eigenvalue weighted by molar-refractivity contribution is 5.83. The van der Waals surface area contributed by atoms with Gasteiger partial charge in [-0.1, -0.05) is 13.8 Å². The first-order chi connectivity index (χ1) is 7.09. The van der Waals surface area contributed by atoms with E-state index >= 15 is 0 Å². The average molecular weight is 208 g/mol. The zero-order chi connectivity index (χ0) is 11.1. The topological polar surface area (TPSA) is 34.1 Å². The number of aldehydes is 1. The predicted molar refractivity (Wildman–Crippen MR) is 58.4 cm³/mol. The summed E-state index contributed by atoms with van der Waals surface area (Å²) in [6.07, 6.45) is 6.06. The fourth-order valence-electron chi connectivity index (χ4n) is 3.93. The fourth-order valence-corrected chi connectivity index (χ4v) is 3.93. The monoisotopic (exact) mass is 208 g/mol. The van der Waals surface area contributed by atoms with Gasteiger partial charge >= 0.3 is 0 Å². The molecule has 2 saturated carbocycles. The zero-order valence-corrected chi connectivity index (χ0v) is 9.66. The second-order valence-electron chi connectivity index (χ2n) is 5.56. The average Bonchev–Trinajstić information content (AvgIpc) is 2.56. The van der Waals surface area contributed by atoms with Crippen molar-refractivity contribution in [2.45, 2.75) is 46.0 Å². The Balaban J connectivity index is 2.24. The molecule has 2 fully saturated rings. The Morgan fingerprint density at radius 3 is 2.87 bits per heavy atom. The summed E-state index contributed by atoms with van der Waals surface area (Å²) in [5.74, 6) is 1.25. The van der Waals surface area contributed by atoms with Crippen molar-refractivity contribution in [1.82, 2.24) is 0 Å². The first-order valence-corrected chi connectivity index (χ1v) is 6.07. The normalized spacial score (nSPS) is 42.4. The molecule has 2 nitrogen and oxygen atoms in total. The molecule has 0 spiro atoms. The third-order valence-electron chi connectivity index (χ3n) is 4.79. The van der Waals surface area contributed by atoms with Gasteiger partial charge in [-0.15, -0.1) is 0 Å². The molecule has 0 bridgehead atoms. The summed E-state index contributed by atoms with van der Waals surface area (Å²) in [5.41, 5.74) is 0.121. The van der Waals surface area contributed by atoms with Gasteiger partial charge in [-0.2, -0.15) is 0 Å². The Kier molecular flexibility index (Phi) is 2.70. The molecule has 0 N–H and O–H groups in total. The highest BCUT2D eigenvalue weighted by atomic mass is 16.1. The second-order valence-corrected chi connectivity index (χ2v) is 5.56. The largest absolute Gasteiger partial charge is 0.303 e. The van der Waals surface area contributed by atoms with E-state index in [4.69, 9.17) is 0 Å². The molecule has 2 rings (SSSR count). The van der Waals surface area contributed by atoms with Crippen LogP contribution in [0.1, 0.15) is 46.0 Å². The maximum absolute atomic E-state index is 11.8. The first-order valence-electron chi connectivity index (χ1n) is 6.07. The maximum atomic E-state index is 11.8. The quantitative estimate of drug-likeness (QED) is 0.654. The van der Waals surface area contributed by atoms with Crippen molar-refractivity contribution in [3.63, 3.8) is 0 Å². The summed E-state index contributed by atoms with van der Waals surface area (Å²) in [6, 6.07) is 0. The summed E-state index contributed by atoms with van der Waals surface area (Å²) in [5, 5.41) is 0. The van der Waals surface area contributed by atoms with Crippen LogP contribution in [0, 0.1) is 23.2 Å². The molecule has 15 heavy (non-hydrogen) atoms. The molecule has 2 heteroatoms. The van der Waals surface area contributed by atoms with E-state index in [9.17, 15) is 9.59 Å². The molecule has 0 heterocycles. The van der Waals surface area contributed by atoms with Crippen LogP contribution in [0.2, 0.25) is 0 Å². The molecule has 84 valence electrons. The maximum Gasteiger partial charge on any atom is 0.136 e. The number of hydrogen-bond donors (Lipinski definition) is 0. The molecule has 0 aromatic carbocycles. The lowest BCUT2D eigenvalue weighted by Gasteiger charge is -2.41. The van der Waals surface area contributed by atoms with E-state index < -0.39 is 0 Å². The summed E-state index contributed by atoms with van der Waals surface area (Å²) < 4.78 is 0. The van der Waals surface area contributed by atoms with Crippen molar-refractivity contribution in [2.75, 3.05) is 0 Å². The Bertz CT molecular complexity index is 284. The van der Waals surface area contributed by atoms with E-state index in [1.165, 1.54) is 0 Å². The Hall–Kier alpha value is -0.660. The van der Waals surface area contributed by atoms with E-state index in [0.29, 0.717) is 11.7 Å². The van der Waals surface area contributed by atoms with Crippen LogP contribution in [-0.2, 0) is 9.59 Å². The Morgan fingerprint density at radius 1 is 1.47 bits per heavy atom. The fraction of sp³-hybridized carbons (Fsp3) is 0.846. The minimum Gasteiger partial charge on any atom is -0.303 e. The Morgan fingerprint density at radius 2 is 2.20 bits per heavy atom. The van der Waals surface area contributed by atoms with E-state index in [1.807, 2.05) is 6.92 Å². The van der Waals surface area contributed by atoms with Crippen LogP contribution in [0.4, 0.5) is 0 Å². The third-order valence-corrected chi connectivity index (χ3v) is 4.79. The van der Waals surface area contributed by atoms with Gasteiger partial charge < -0.3 is 4.79 Å². The van der Waals surface area contributed by atoms with Crippen LogP contribution in [0.15, 0.2) is 0 Å². The van der Waals surface area contributed by atoms with Crippen molar-refractivity contribution < 1.29 is 9.59 Å². The van der Waals surface area contributed by atoms with Gasteiger partial charge in [-0.25, -0.2) is 0 Å². The molecule has 0 radical (unpaired) electrons. The molecule has 4 atom stereocenters. The van der Waals surface area contributed by atoms with Gasteiger partial charge in [0.25, 0.3) is 0 Å².